The lowest BCUT2D eigenvalue weighted by Gasteiger charge is -2.41. The first-order valence-corrected chi connectivity index (χ1v) is 7.87. The van der Waals surface area contributed by atoms with E-state index >= 15 is 0 Å². The van der Waals surface area contributed by atoms with E-state index < -0.39 is 11.9 Å². The summed E-state index contributed by atoms with van der Waals surface area (Å²) in [6.07, 6.45) is 2.57. The minimum atomic E-state index is -0.871. The molecule has 1 N–H and O–H groups in total. The summed E-state index contributed by atoms with van der Waals surface area (Å²) in [5, 5.41) is 9.68. The maximum Gasteiger partial charge on any atom is 0.313 e. The van der Waals surface area contributed by atoms with Gasteiger partial charge in [-0.25, -0.2) is 0 Å². The van der Waals surface area contributed by atoms with E-state index in [0.717, 1.165) is 19.4 Å². The molecule has 22 heavy (non-hydrogen) atoms. The number of carbonyl (C=O) groups is 2. The molecule has 5 nitrogen and oxygen atoms in total. The predicted octanol–water partition coefficient (Wildman–Crippen LogP) is 2.27. The van der Waals surface area contributed by atoms with Gasteiger partial charge in [-0.3, -0.25) is 9.59 Å². The molecule has 0 aromatic heterocycles. The Morgan fingerprint density at radius 3 is 2.82 bits per heavy atom. The van der Waals surface area contributed by atoms with Gasteiger partial charge >= 0.3 is 5.97 Å². The molecule has 2 heterocycles. The first kappa shape index (κ1) is 15.0. The van der Waals surface area contributed by atoms with Crippen LogP contribution in [0.1, 0.15) is 48.0 Å². The molecule has 0 bridgehead atoms. The number of benzene rings is 1. The quantitative estimate of drug-likeness (QED) is 0.926. The van der Waals surface area contributed by atoms with Crippen molar-refractivity contribution in [3.63, 3.8) is 0 Å². The van der Waals surface area contributed by atoms with Gasteiger partial charge in [0, 0.05) is 24.8 Å². The van der Waals surface area contributed by atoms with Gasteiger partial charge in [-0.05, 0) is 30.9 Å². The van der Waals surface area contributed by atoms with Crippen molar-refractivity contribution in [2.45, 2.75) is 44.2 Å². The molecule has 5 heteroatoms. The molecule has 1 amide bonds. The van der Waals surface area contributed by atoms with E-state index in [2.05, 4.69) is 0 Å². The lowest BCUT2D eigenvalue weighted by atomic mass is 9.81. The number of rotatable bonds is 4. The Bertz CT molecular complexity index is 580. The summed E-state index contributed by atoms with van der Waals surface area (Å²) in [6.45, 7) is 3.14. The van der Waals surface area contributed by atoms with Gasteiger partial charge < -0.3 is 14.7 Å². The topological polar surface area (TPSA) is 66.8 Å². The second-order valence-corrected chi connectivity index (χ2v) is 5.97. The van der Waals surface area contributed by atoms with Crippen LogP contribution in [0, 0.1) is 0 Å². The molecular weight excluding hydrogens is 282 g/mol. The maximum absolute atomic E-state index is 12.8. The standard InChI is InChI=1S/C17H21NO4/c1-2-14-15(17(20)21)12-7-3-4-8-13(12)16(19)18(14)10-11-6-5-9-22-11/h3-4,7-8,11,14-15H,2,5-6,9-10H2,1H3,(H,20,21). The fraction of sp³-hybridized carbons (Fsp3) is 0.529. The van der Waals surface area contributed by atoms with Crippen molar-refractivity contribution in [3.8, 4) is 0 Å². The van der Waals surface area contributed by atoms with Crippen molar-refractivity contribution >= 4 is 11.9 Å². The first-order valence-electron chi connectivity index (χ1n) is 7.87. The predicted molar refractivity (Wildman–Crippen MR) is 80.9 cm³/mol. The summed E-state index contributed by atoms with van der Waals surface area (Å²) in [4.78, 5) is 26.3. The number of carbonyl (C=O) groups excluding carboxylic acids is 1. The van der Waals surface area contributed by atoms with Gasteiger partial charge in [-0.1, -0.05) is 25.1 Å². The summed E-state index contributed by atoms with van der Waals surface area (Å²) < 4.78 is 5.64. The lowest BCUT2D eigenvalue weighted by Crippen LogP contribution is -2.52. The first-order chi connectivity index (χ1) is 10.6. The van der Waals surface area contributed by atoms with Crippen LogP contribution < -0.4 is 0 Å². The second kappa shape index (κ2) is 6.08. The Labute approximate surface area is 129 Å². The summed E-state index contributed by atoms with van der Waals surface area (Å²) in [7, 11) is 0. The fourth-order valence-electron chi connectivity index (χ4n) is 3.64. The normalized spacial score (nSPS) is 27.8. The van der Waals surface area contributed by atoms with E-state index in [0.29, 0.717) is 24.1 Å². The molecule has 0 spiro atoms. The number of carboxylic acids is 1. The lowest BCUT2D eigenvalue weighted by molar-refractivity contribution is -0.140. The summed E-state index contributed by atoms with van der Waals surface area (Å²) in [5.74, 6) is -1.61. The van der Waals surface area contributed by atoms with Crippen molar-refractivity contribution in [3.05, 3.63) is 35.4 Å². The average Bonchev–Trinajstić information content (AvgIpc) is 3.02. The zero-order valence-electron chi connectivity index (χ0n) is 12.7. The van der Waals surface area contributed by atoms with Crippen molar-refractivity contribution in [1.29, 1.82) is 0 Å². The molecule has 1 aromatic carbocycles. The van der Waals surface area contributed by atoms with Gasteiger partial charge in [0.25, 0.3) is 5.91 Å². The molecule has 3 rings (SSSR count). The summed E-state index contributed by atoms with van der Waals surface area (Å²) in [6, 6.07) is 6.75. The molecule has 3 atom stereocenters. The van der Waals surface area contributed by atoms with Gasteiger partial charge in [0.05, 0.1) is 6.10 Å². The van der Waals surface area contributed by atoms with Crippen molar-refractivity contribution in [2.75, 3.05) is 13.2 Å². The van der Waals surface area contributed by atoms with Gasteiger partial charge in [-0.15, -0.1) is 0 Å². The number of ether oxygens (including phenoxy) is 1. The number of hydrogen-bond acceptors (Lipinski definition) is 3. The van der Waals surface area contributed by atoms with Crippen LogP contribution in [-0.4, -0.2) is 47.2 Å². The van der Waals surface area contributed by atoms with E-state index in [4.69, 9.17) is 4.74 Å². The molecule has 2 aliphatic rings. The van der Waals surface area contributed by atoms with Crippen LogP contribution in [0.4, 0.5) is 0 Å². The number of hydrogen-bond donors (Lipinski definition) is 1. The third kappa shape index (κ3) is 2.50. The van der Waals surface area contributed by atoms with E-state index in [9.17, 15) is 14.7 Å². The highest BCUT2D eigenvalue weighted by atomic mass is 16.5. The third-order valence-electron chi connectivity index (χ3n) is 4.68. The molecule has 2 aliphatic heterocycles. The van der Waals surface area contributed by atoms with Gasteiger partial charge in [0.2, 0.25) is 0 Å². The zero-order valence-corrected chi connectivity index (χ0v) is 12.7. The Morgan fingerprint density at radius 1 is 1.41 bits per heavy atom. The van der Waals surface area contributed by atoms with Crippen LogP contribution in [-0.2, 0) is 9.53 Å². The highest BCUT2D eigenvalue weighted by Gasteiger charge is 2.43. The van der Waals surface area contributed by atoms with Crippen LogP contribution in [0.15, 0.2) is 24.3 Å². The van der Waals surface area contributed by atoms with Gasteiger partial charge in [-0.2, -0.15) is 0 Å². The van der Waals surface area contributed by atoms with Gasteiger partial charge in [0.15, 0.2) is 0 Å². The smallest absolute Gasteiger partial charge is 0.313 e. The molecule has 0 radical (unpaired) electrons. The number of nitrogens with zero attached hydrogens (tertiary/aromatic N) is 1. The molecular formula is C17H21NO4. The van der Waals surface area contributed by atoms with E-state index in [1.54, 1.807) is 29.2 Å². The molecule has 1 fully saturated rings. The molecule has 1 aromatic rings. The van der Waals surface area contributed by atoms with Crippen LogP contribution in [0.5, 0.6) is 0 Å². The molecule has 3 unspecified atom stereocenters. The highest BCUT2D eigenvalue weighted by molar-refractivity contribution is 6.00. The van der Waals surface area contributed by atoms with Crippen molar-refractivity contribution in [1.82, 2.24) is 4.90 Å². The number of amides is 1. The van der Waals surface area contributed by atoms with Crippen molar-refractivity contribution < 1.29 is 19.4 Å². The Morgan fingerprint density at radius 2 is 2.18 bits per heavy atom. The molecule has 1 saturated heterocycles. The largest absolute Gasteiger partial charge is 0.481 e. The Hall–Kier alpha value is -1.88. The van der Waals surface area contributed by atoms with Crippen LogP contribution in [0.3, 0.4) is 0 Å². The van der Waals surface area contributed by atoms with Crippen molar-refractivity contribution in [2.24, 2.45) is 0 Å². The van der Waals surface area contributed by atoms with E-state index in [1.807, 2.05) is 6.92 Å². The minimum absolute atomic E-state index is 0.0257. The van der Waals surface area contributed by atoms with Crippen LogP contribution in [0.25, 0.3) is 0 Å². The molecule has 118 valence electrons. The average molecular weight is 303 g/mol. The Balaban J connectivity index is 1.99. The Kier molecular flexibility index (Phi) is 4.16. The third-order valence-corrected chi connectivity index (χ3v) is 4.68. The SMILES string of the molecule is CCC1C(C(=O)O)c2ccccc2C(=O)N1CC1CCCO1. The monoisotopic (exact) mass is 303 g/mol. The molecule has 0 saturated carbocycles. The number of carboxylic acid groups (broad SMARTS) is 1. The number of fused-ring (bicyclic) bond motifs is 1. The maximum atomic E-state index is 12.8. The summed E-state index contributed by atoms with van der Waals surface area (Å²) in [5.41, 5.74) is 1.15. The van der Waals surface area contributed by atoms with E-state index in [1.165, 1.54) is 0 Å². The molecule has 0 aliphatic carbocycles. The minimum Gasteiger partial charge on any atom is -0.481 e. The second-order valence-electron chi connectivity index (χ2n) is 5.97. The van der Waals surface area contributed by atoms with Gasteiger partial charge in [0.1, 0.15) is 5.92 Å². The van der Waals surface area contributed by atoms with Crippen LogP contribution >= 0.6 is 0 Å². The fourth-order valence-corrected chi connectivity index (χ4v) is 3.64. The zero-order chi connectivity index (χ0) is 15.7. The number of aliphatic carboxylic acids is 1. The van der Waals surface area contributed by atoms with Crippen LogP contribution in [0.2, 0.25) is 0 Å². The van der Waals surface area contributed by atoms with E-state index in [-0.39, 0.29) is 18.1 Å². The summed E-state index contributed by atoms with van der Waals surface area (Å²) >= 11 is 0. The highest BCUT2D eigenvalue weighted by Crippen LogP contribution is 2.35.